The van der Waals surface area contributed by atoms with Crippen LogP contribution in [0.1, 0.15) is 41.9 Å². The van der Waals surface area contributed by atoms with Gasteiger partial charge in [-0.1, -0.05) is 6.07 Å². The van der Waals surface area contributed by atoms with Crippen LogP contribution in [0.2, 0.25) is 0 Å². The molecule has 0 unspecified atom stereocenters. The lowest BCUT2D eigenvalue weighted by molar-refractivity contribution is -0.132. The van der Waals surface area contributed by atoms with Gasteiger partial charge in [-0.3, -0.25) is 14.5 Å². The Morgan fingerprint density at radius 1 is 1.35 bits per heavy atom. The first-order valence-electron chi connectivity index (χ1n) is 8.24. The van der Waals surface area contributed by atoms with Gasteiger partial charge in [-0.2, -0.15) is 5.10 Å². The van der Waals surface area contributed by atoms with E-state index < -0.39 is 0 Å². The molecule has 2 heterocycles. The van der Waals surface area contributed by atoms with Crippen molar-refractivity contribution in [1.82, 2.24) is 19.7 Å². The molecule has 1 aliphatic carbocycles. The highest BCUT2D eigenvalue weighted by Crippen LogP contribution is 2.30. The molecule has 2 aromatic rings. The highest BCUT2D eigenvalue weighted by molar-refractivity contribution is 5.77. The highest BCUT2D eigenvalue weighted by Gasteiger charge is 2.33. The number of amides is 1. The smallest absolute Gasteiger partial charge is 0.223 e. The third kappa shape index (κ3) is 3.60. The van der Waals surface area contributed by atoms with E-state index in [2.05, 4.69) is 17.0 Å². The van der Waals surface area contributed by atoms with Crippen LogP contribution in [0.15, 0.2) is 24.4 Å². The molecule has 1 fully saturated rings. The van der Waals surface area contributed by atoms with E-state index in [0.29, 0.717) is 25.4 Å². The molecule has 0 aliphatic heterocycles. The second-order valence-corrected chi connectivity index (χ2v) is 6.35. The van der Waals surface area contributed by atoms with Gasteiger partial charge in [0.25, 0.3) is 0 Å². The summed E-state index contributed by atoms with van der Waals surface area (Å²) >= 11 is 0. The number of hydrogen-bond donors (Lipinski definition) is 0. The Hall–Kier alpha value is -2.17. The molecule has 1 saturated carbocycles. The fourth-order valence-electron chi connectivity index (χ4n) is 2.95. The Bertz CT molecular complexity index is 689. The monoisotopic (exact) mass is 312 g/mol. The zero-order chi connectivity index (χ0) is 16.4. The van der Waals surface area contributed by atoms with E-state index in [1.807, 2.05) is 41.8 Å². The Labute approximate surface area is 137 Å². The zero-order valence-corrected chi connectivity index (χ0v) is 14.1. The van der Waals surface area contributed by atoms with Crippen LogP contribution in [-0.2, 0) is 24.8 Å². The highest BCUT2D eigenvalue weighted by atomic mass is 16.2. The second kappa shape index (κ2) is 6.52. The molecule has 1 amide bonds. The van der Waals surface area contributed by atoms with E-state index in [1.165, 1.54) is 5.56 Å². The van der Waals surface area contributed by atoms with Crippen molar-refractivity contribution in [2.45, 2.75) is 52.1 Å². The maximum Gasteiger partial charge on any atom is 0.223 e. The molecular formula is C18H24N4O. The molecule has 0 spiro atoms. The number of carbonyl (C=O) groups excluding carboxylic acids is 1. The Kier molecular flexibility index (Phi) is 4.46. The third-order valence-corrected chi connectivity index (χ3v) is 4.62. The molecule has 0 aromatic carbocycles. The van der Waals surface area contributed by atoms with E-state index >= 15 is 0 Å². The number of hydrogen-bond acceptors (Lipinski definition) is 3. The van der Waals surface area contributed by atoms with Gasteiger partial charge < -0.3 is 4.90 Å². The van der Waals surface area contributed by atoms with Crippen molar-refractivity contribution < 1.29 is 4.79 Å². The quantitative estimate of drug-likeness (QED) is 0.823. The first-order chi connectivity index (χ1) is 11.1. The summed E-state index contributed by atoms with van der Waals surface area (Å²) in [7, 11) is 1.95. The van der Waals surface area contributed by atoms with Gasteiger partial charge in [0.1, 0.15) is 0 Å². The van der Waals surface area contributed by atoms with E-state index in [0.717, 1.165) is 29.9 Å². The summed E-state index contributed by atoms with van der Waals surface area (Å²) in [6, 6.07) is 6.25. The fraction of sp³-hybridized carbons (Fsp3) is 0.500. The first kappa shape index (κ1) is 15.7. The van der Waals surface area contributed by atoms with Gasteiger partial charge in [-0.05, 0) is 45.2 Å². The predicted molar refractivity (Wildman–Crippen MR) is 88.8 cm³/mol. The van der Waals surface area contributed by atoms with Crippen LogP contribution < -0.4 is 0 Å². The van der Waals surface area contributed by atoms with Crippen LogP contribution in [0.5, 0.6) is 0 Å². The summed E-state index contributed by atoms with van der Waals surface area (Å²) in [5, 5.41) is 4.47. The van der Waals surface area contributed by atoms with E-state index in [-0.39, 0.29) is 5.91 Å². The van der Waals surface area contributed by atoms with E-state index in [1.54, 1.807) is 6.20 Å². The minimum atomic E-state index is 0.223. The van der Waals surface area contributed by atoms with Gasteiger partial charge in [0, 0.05) is 49.2 Å². The summed E-state index contributed by atoms with van der Waals surface area (Å²) < 4.78 is 1.90. The van der Waals surface area contributed by atoms with Gasteiger partial charge in [0.05, 0.1) is 5.69 Å². The summed E-state index contributed by atoms with van der Waals surface area (Å²) in [5.74, 6) is 0.223. The molecule has 0 N–H and O–H groups in total. The summed E-state index contributed by atoms with van der Waals surface area (Å²) in [6.07, 6.45) is 5.24. The molecule has 122 valence electrons. The molecule has 0 radical (unpaired) electrons. The van der Waals surface area contributed by atoms with Gasteiger partial charge in [-0.25, -0.2) is 0 Å². The zero-order valence-electron chi connectivity index (χ0n) is 14.1. The Balaban J connectivity index is 1.68. The molecule has 2 aromatic heterocycles. The van der Waals surface area contributed by atoms with Crippen molar-refractivity contribution >= 4 is 5.91 Å². The van der Waals surface area contributed by atoms with Gasteiger partial charge >= 0.3 is 0 Å². The van der Waals surface area contributed by atoms with E-state index in [4.69, 9.17) is 0 Å². The number of aryl methyl sites for hydroxylation is 3. The van der Waals surface area contributed by atoms with Gasteiger partial charge in [0.15, 0.2) is 0 Å². The standard InChI is InChI=1S/C18H24N4O/c1-13-17(14(2)21(3)20-13)12-22(16-8-9-16)18(23)10-7-15-6-4-5-11-19-15/h4-6,11,16H,7-10,12H2,1-3H3. The molecule has 3 rings (SSSR count). The normalized spacial score (nSPS) is 14.0. The average Bonchev–Trinajstić information content (AvgIpc) is 3.35. The topological polar surface area (TPSA) is 51.0 Å². The van der Waals surface area contributed by atoms with Crippen LogP contribution in [-0.4, -0.2) is 31.6 Å². The minimum Gasteiger partial charge on any atom is -0.335 e. The van der Waals surface area contributed by atoms with Crippen molar-refractivity contribution in [1.29, 1.82) is 0 Å². The SMILES string of the molecule is Cc1nn(C)c(C)c1CN(C(=O)CCc1ccccn1)C1CC1. The molecule has 5 heteroatoms. The molecule has 1 aliphatic rings. The second-order valence-electron chi connectivity index (χ2n) is 6.35. The first-order valence-corrected chi connectivity index (χ1v) is 8.24. The lowest BCUT2D eigenvalue weighted by Crippen LogP contribution is -2.33. The van der Waals surface area contributed by atoms with Crippen LogP contribution in [0.25, 0.3) is 0 Å². The van der Waals surface area contributed by atoms with Crippen molar-refractivity contribution in [2.75, 3.05) is 0 Å². The van der Waals surface area contributed by atoms with E-state index in [9.17, 15) is 4.79 Å². The molecular weight excluding hydrogens is 288 g/mol. The van der Waals surface area contributed by atoms with Crippen LogP contribution in [0.4, 0.5) is 0 Å². The number of rotatable bonds is 6. The summed E-state index contributed by atoms with van der Waals surface area (Å²) in [6.45, 7) is 4.77. The maximum absolute atomic E-state index is 12.7. The average molecular weight is 312 g/mol. The van der Waals surface area contributed by atoms with Crippen molar-refractivity contribution in [2.24, 2.45) is 7.05 Å². The van der Waals surface area contributed by atoms with Crippen molar-refractivity contribution in [3.05, 3.63) is 47.0 Å². The minimum absolute atomic E-state index is 0.223. The number of nitrogens with zero attached hydrogens (tertiary/aromatic N) is 4. The third-order valence-electron chi connectivity index (χ3n) is 4.62. The van der Waals surface area contributed by atoms with Crippen LogP contribution >= 0.6 is 0 Å². The van der Waals surface area contributed by atoms with Crippen molar-refractivity contribution in [3.8, 4) is 0 Å². The van der Waals surface area contributed by atoms with Crippen LogP contribution in [0, 0.1) is 13.8 Å². The van der Waals surface area contributed by atoms with Gasteiger partial charge in [0.2, 0.25) is 5.91 Å². The Morgan fingerprint density at radius 2 is 2.13 bits per heavy atom. The number of aromatic nitrogens is 3. The summed E-state index contributed by atoms with van der Waals surface area (Å²) in [4.78, 5) is 19.0. The van der Waals surface area contributed by atoms with Crippen molar-refractivity contribution in [3.63, 3.8) is 0 Å². The molecule has 0 bridgehead atoms. The molecule has 23 heavy (non-hydrogen) atoms. The lowest BCUT2D eigenvalue weighted by Gasteiger charge is -2.23. The lowest BCUT2D eigenvalue weighted by atomic mass is 10.1. The fourth-order valence-corrected chi connectivity index (χ4v) is 2.95. The molecule has 5 nitrogen and oxygen atoms in total. The maximum atomic E-state index is 12.7. The van der Waals surface area contributed by atoms with Crippen LogP contribution in [0.3, 0.4) is 0 Å². The van der Waals surface area contributed by atoms with Gasteiger partial charge in [-0.15, -0.1) is 0 Å². The molecule has 0 saturated heterocycles. The number of pyridine rings is 1. The predicted octanol–water partition coefficient (Wildman–Crippen LogP) is 2.56. The number of carbonyl (C=O) groups is 1. The Morgan fingerprint density at radius 3 is 2.70 bits per heavy atom. The summed E-state index contributed by atoms with van der Waals surface area (Å²) in [5.41, 5.74) is 4.33. The largest absolute Gasteiger partial charge is 0.335 e. The molecule has 0 atom stereocenters.